The molecule has 0 N–H and O–H groups in total. The van der Waals surface area contributed by atoms with Gasteiger partial charge in [0, 0.05) is 0 Å². The molecule has 86 valence electrons. The Balaban J connectivity index is 2.63. The van der Waals surface area contributed by atoms with E-state index in [4.69, 9.17) is 0 Å². The fourth-order valence-electron chi connectivity index (χ4n) is 2.52. The average Bonchev–Trinajstić information content (AvgIpc) is 2.28. The summed E-state index contributed by atoms with van der Waals surface area (Å²) in [6.07, 6.45) is 11.8. The van der Waals surface area contributed by atoms with E-state index in [0.29, 0.717) is 0 Å². The molecular formula is C14H20N2. The van der Waals surface area contributed by atoms with Crippen molar-refractivity contribution in [2.75, 3.05) is 0 Å². The van der Waals surface area contributed by atoms with E-state index >= 15 is 0 Å². The highest BCUT2D eigenvalue weighted by atomic mass is 15.1. The smallest absolute Gasteiger partial charge is 0.0849 e. The van der Waals surface area contributed by atoms with Crippen molar-refractivity contribution in [2.24, 2.45) is 0 Å². The SMILES string of the molecule is C/C=c1\nn/c(=C\C)c2c1CCCCCC2. The molecule has 2 nitrogen and oxygen atoms in total. The van der Waals surface area contributed by atoms with Gasteiger partial charge in [-0.05, 0) is 50.7 Å². The summed E-state index contributed by atoms with van der Waals surface area (Å²) in [5.41, 5.74) is 2.90. The maximum Gasteiger partial charge on any atom is 0.0849 e. The maximum atomic E-state index is 4.32. The first kappa shape index (κ1) is 11.3. The lowest BCUT2D eigenvalue weighted by molar-refractivity contribution is 0.606. The maximum absolute atomic E-state index is 4.32. The van der Waals surface area contributed by atoms with Crippen LogP contribution in [-0.4, -0.2) is 10.2 Å². The molecule has 16 heavy (non-hydrogen) atoms. The Morgan fingerprint density at radius 3 is 1.56 bits per heavy atom. The van der Waals surface area contributed by atoms with E-state index in [0.717, 1.165) is 10.7 Å². The normalized spacial score (nSPS) is 19.1. The van der Waals surface area contributed by atoms with E-state index in [1.165, 1.54) is 49.7 Å². The van der Waals surface area contributed by atoms with Crippen LogP contribution < -0.4 is 10.7 Å². The molecule has 1 aliphatic carbocycles. The molecular weight excluding hydrogens is 196 g/mol. The van der Waals surface area contributed by atoms with Gasteiger partial charge in [0.05, 0.1) is 10.7 Å². The zero-order valence-electron chi connectivity index (χ0n) is 10.3. The summed E-state index contributed by atoms with van der Waals surface area (Å²) in [4.78, 5) is 0. The molecule has 1 heterocycles. The second-order valence-electron chi connectivity index (χ2n) is 4.42. The zero-order valence-corrected chi connectivity index (χ0v) is 10.3. The second-order valence-corrected chi connectivity index (χ2v) is 4.42. The first-order valence-electron chi connectivity index (χ1n) is 6.34. The predicted octanol–water partition coefficient (Wildman–Crippen LogP) is 1.74. The van der Waals surface area contributed by atoms with Crippen LogP contribution in [0.3, 0.4) is 0 Å². The molecule has 0 fully saturated rings. The standard InChI is InChI=1S/C14H20N2/c1-3-13-11-9-7-5-6-8-10-12(11)14(4-2)16-15-13/h3-4H,5-10H2,1-2H3/b13-3-,14-4-. The monoisotopic (exact) mass is 216 g/mol. The van der Waals surface area contributed by atoms with Gasteiger partial charge in [0.25, 0.3) is 0 Å². The Kier molecular flexibility index (Phi) is 3.70. The van der Waals surface area contributed by atoms with Crippen molar-refractivity contribution in [3.8, 4) is 0 Å². The third-order valence-corrected chi connectivity index (χ3v) is 3.40. The average molecular weight is 216 g/mol. The number of aromatic nitrogens is 2. The van der Waals surface area contributed by atoms with Gasteiger partial charge in [-0.1, -0.05) is 25.0 Å². The molecule has 0 aliphatic heterocycles. The summed E-state index contributed by atoms with van der Waals surface area (Å²) in [6, 6.07) is 0. The molecule has 0 radical (unpaired) electrons. The van der Waals surface area contributed by atoms with Crippen molar-refractivity contribution >= 4 is 12.2 Å². The van der Waals surface area contributed by atoms with Crippen molar-refractivity contribution in [1.29, 1.82) is 0 Å². The van der Waals surface area contributed by atoms with Crippen LogP contribution in [0.4, 0.5) is 0 Å². The number of hydrogen-bond donors (Lipinski definition) is 0. The van der Waals surface area contributed by atoms with Crippen LogP contribution in [0.5, 0.6) is 0 Å². The summed E-state index contributed by atoms with van der Waals surface area (Å²) < 4.78 is 0. The van der Waals surface area contributed by atoms with E-state index < -0.39 is 0 Å². The Morgan fingerprint density at radius 2 is 1.19 bits per heavy atom. The van der Waals surface area contributed by atoms with Gasteiger partial charge < -0.3 is 0 Å². The molecule has 2 heteroatoms. The van der Waals surface area contributed by atoms with Crippen molar-refractivity contribution in [1.82, 2.24) is 10.2 Å². The van der Waals surface area contributed by atoms with E-state index in [-0.39, 0.29) is 0 Å². The summed E-state index contributed by atoms with van der Waals surface area (Å²) in [6.45, 7) is 4.11. The fraction of sp³-hybridized carbons (Fsp3) is 0.571. The third-order valence-electron chi connectivity index (χ3n) is 3.40. The van der Waals surface area contributed by atoms with Crippen LogP contribution in [0.1, 0.15) is 50.7 Å². The van der Waals surface area contributed by atoms with Gasteiger partial charge in [0.2, 0.25) is 0 Å². The minimum absolute atomic E-state index is 1.10. The Morgan fingerprint density at radius 1 is 0.750 bits per heavy atom. The fourth-order valence-corrected chi connectivity index (χ4v) is 2.52. The number of nitrogens with zero attached hydrogens (tertiary/aromatic N) is 2. The van der Waals surface area contributed by atoms with Crippen LogP contribution in [0.2, 0.25) is 0 Å². The zero-order chi connectivity index (χ0) is 11.4. The second kappa shape index (κ2) is 5.24. The van der Waals surface area contributed by atoms with E-state index in [1.807, 2.05) is 0 Å². The van der Waals surface area contributed by atoms with Crippen molar-refractivity contribution in [3.05, 3.63) is 21.8 Å². The minimum Gasteiger partial charge on any atom is -0.151 e. The van der Waals surface area contributed by atoms with E-state index in [1.54, 1.807) is 0 Å². The molecule has 0 spiro atoms. The van der Waals surface area contributed by atoms with Gasteiger partial charge in [0.1, 0.15) is 0 Å². The summed E-state index contributed by atoms with van der Waals surface area (Å²) >= 11 is 0. The number of hydrogen-bond acceptors (Lipinski definition) is 2. The third kappa shape index (κ3) is 2.16. The molecule has 1 aromatic rings. The van der Waals surface area contributed by atoms with Gasteiger partial charge >= 0.3 is 0 Å². The summed E-state index contributed by atoms with van der Waals surface area (Å²) in [5, 5.41) is 10.8. The van der Waals surface area contributed by atoms with Crippen molar-refractivity contribution < 1.29 is 0 Å². The molecule has 0 bridgehead atoms. The van der Waals surface area contributed by atoms with Gasteiger partial charge in [-0.25, -0.2) is 0 Å². The van der Waals surface area contributed by atoms with E-state index in [2.05, 4.69) is 36.2 Å². The highest BCUT2D eigenvalue weighted by Crippen LogP contribution is 2.14. The lowest BCUT2D eigenvalue weighted by Gasteiger charge is -2.13. The Labute approximate surface area is 97.1 Å². The van der Waals surface area contributed by atoms with Crippen LogP contribution in [0.25, 0.3) is 12.2 Å². The highest BCUT2D eigenvalue weighted by molar-refractivity contribution is 5.33. The summed E-state index contributed by atoms with van der Waals surface area (Å²) in [5.74, 6) is 0. The quantitative estimate of drug-likeness (QED) is 0.660. The van der Waals surface area contributed by atoms with E-state index in [9.17, 15) is 0 Å². The van der Waals surface area contributed by atoms with Crippen LogP contribution in [-0.2, 0) is 12.8 Å². The predicted molar refractivity (Wildman–Crippen MR) is 67.4 cm³/mol. The first-order chi connectivity index (χ1) is 7.86. The Bertz CT molecular complexity index is 429. The molecule has 1 aliphatic rings. The lowest BCUT2D eigenvalue weighted by Crippen LogP contribution is -2.29. The van der Waals surface area contributed by atoms with Gasteiger partial charge in [0.15, 0.2) is 0 Å². The lowest BCUT2D eigenvalue weighted by atomic mass is 9.94. The number of fused-ring (bicyclic) bond motifs is 1. The van der Waals surface area contributed by atoms with Gasteiger partial charge in [-0.3, -0.25) is 0 Å². The molecule has 0 aromatic carbocycles. The van der Waals surface area contributed by atoms with Crippen LogP contribution >= 0.6 is 0 Å². The first-order valence-corrected chi connectivity index (χ1v) is 6.34. The summed E-state index contributed by atoms with van der Waals surface area (Å²) in [7, 11) is 0. The van der Waals surface area contributed by atoms with Gasteiger partial charge in [-0.2, -0.15) is 10.2 Å². The topological polar surface area (TPSA) is 25.8 Å². The minimum atomic E-state index is 1.10. The van der Waals surface area contributed by atoms with Crippen molar-refractivity contribution in [2.45, 2.75) is 52.4 Å². The number of rotatable bonds is 0. The molecule has 1 aromatic heterocycles. The molecule has 0 unspecified atom stereocenters. The highest BCUT2D eigenvalue weighted by Gasteiger charge is 2.10. The van der Waals surface area contributed by atoms with Crippen LogP contribution in [0, 0.1) is 0 Å². The molecule has 0 saturated heterocycles. The largest absolute Gasteiger partial charge is 0.151 e. The van der Waals surface area contributed by atoms with Crippen molar-refractivity contribution in [3.63, 3.8) is 0 Å². The molecule has 0 saturated carbocycles. The molecule has 2 rings (SSSR count). The molecule has 0 amide bonds. The van der Waals surface area contributed by atoms with Crippen LogP contribution in [0.15, 0.2) is 0 Å². The Hall–Kier alpha value is -1.18. The van der Waals surface area contributed by atoms with Gasteiger partial charge in [-0.15, -0.1) is 0 Å². The molecule has 0 atom stereocenters.